The molecule has 0 radical (unpaired) electrons. The number of carboxylic acids is 2. The second-order valence-electron chi connectivity index (χ2n) is 5.05. The molecule has 0 bridgehead atoms. The number of aliphatic hydroxyl groups excluding tert-OH is 2. The first-order chi connectivity index (χ1) is 10.9. The van der Waals surface area contributed by atoms with E-state index in [0.29, 0.717) is 6.04 Å². The lowest BCUT2D eigenvalue weighted by molar-refractivity contribution is -0.165. The largest absolute Gasteiger partial charge is 0.479 e. The van der Waals surface area contributed by atoms with Crippen molar-refractivity contribution in [2.75, 3.05) is 6.54 Å². The molecule has 1 aromatic carbocycles. The van der Waals surface area contributed by atoms with Crippen LogP contribution in [0.15, 0.2) is 36.9 Å². The predicted octanol–water partition coefficient (Wildman–Crippen LogP) is 0.327. The summed E-state index contributed by atoms with van der Waals surface area (Å²) in [5.74, 6) is -3.54. The molecule has 0 aromatic heterocycles. The summed E-state index contributed by atoms with van der Waals surface area (Å²) in [6.45, 7) is 4.62. The Bertz CT molecular complexity index is 541. The number of aryl methyl sites for hydroxylation is 1. The molecule has 0 amide bonds. The third kappa shape index (κ3) is 5.48. The maximum atomic E-state index is 9.77. The van der Waals surface area contributed by atoms with Crippen LogP contribution in [0, 0.1) is 0 Å². The Labute approximate surface area is 133 Å². The van der Waals surface area contributed by atoms with Crippen molar-refractivity contribution in [1.29, 1.82) is 0 Å². The number of carbonyl (C=O) groups is 2. The van der Waals surface area contributed by atoms with E-state index in [1.165, 1.54) is 24.0 Å². The second-order valence-corrected chi connectivity index (χ2v) is 5.05. The van der Waals surface area contributed by atoms with Gasteiger partial charge in [-0.05, 0) is 24.0 Å². The summed E-state index contributed by atoms with van der Waals surface area (Å²) in [4.78, 5) is 19.5. The van der Waals surface area contributed by atoms with Crippen molar-refractivity contribution < 1.29 is 30.0 Å². The summed E-state index contributed by atoms with van der Waals surface area (Å²) in [5.41, 5.74) is 2.98. The topological polar surface area (TPSA) is 127 Å². The highest BCUT2D eigenvalue weighted by atomic mass is 16.4. The molecule has 3 unspecified atom stereocenters. The maximum Gasteiger partial charge on any atom is 0.335 e. The summed E-state index contributed by atoms with van der Waals surface area (Å²) in [5, 5.41) is 36.0. The SMILES string of the molecule is C=CCNC1CCc2ccccc21.O=C(O)C(O)C(O)C(=O)O. The van der Waals surface area contributed by atoms with Crippen molar-refractivity contribution in [2.24, 2.45) is 0 Å². The lowest BCUT2D eigenvalue weighted by Gasteiger charge is -2.11. The number of aliphatic carboxylic acids is 2. The van der Waals surface area contributed by atoms with Crippen LogP contribution >= 0.6 is 0 Å². The number of carboxylic acid groups (broad SMARTS) is 2. The summed E-state index contributed by atoms with van der Waals surface area (Å²) in [7, 11) is 0. The average Bonchev–Trinajstić information content (AvgIpc) is 2.95. The first kappa shape index (κ1) is 18.8. The monoisotopic (exact) mass is 323 g/mol. The van der Waals surface area contributed by atoms with Crippen molar-refractivity contribution >= 4 is 11.9 Å². The fourth-order valence-corrected chi connectivity index (χ4v) is 2.26. The van der Waals surface area contributed by atoms with Crippen LogP contribution in [-0.4, -0.2) is 51.1 Å². The summed E-state index contributed by atoms with van der Waals surface area (Å²) in [6, 6.07) is 9.24. The Morgan fingerprint density at radius 1 is 1.22 bits per heavy atom. The van der Waals surface area contributed by atoms with Crippen molar-refractivity contribution in [3.8, 4) is 0 Å². The van der Waals surface area contributed by atoms with E-state index in [-0.39, 0.29) is 0 Å². The van der Waals surface area contributed by atoms with E-state index in [4.69, 9.17) is 20.4 Å². The van der Waals surface area contributed by atoms with Crippen LogP contribution in [0.25, 0.3) is 0 Å². The minimum absolute atomic E-state index is 0.550. The molecule has 0 heterocycles. The van der Waals surface area contributed by atoms with Gasteiger partial charge in [0.1, 0.15) is 0 Å². The van der Waals surface area contributed by atoms with Gasteiger partial charge < -0.3 is 25.7 Å². The van der Waals surface area contributed by atoms with Crippen LogP contribution in [-0.2, 0) is 16.0 Å². The standard InChI is InChI=1S/C12H15N.C4H6O6/c1-2-9-13-12-8-7-10-5-3-4-6-11(10)12;5-1(3(7)8)2(6)4(9)10/h2-6,12-13H,1,7-9H2;1-2,5-6H,(H,7,8)(H,9,10). The smallest absolute Gasteiger partial charge is 0.335 e. The molecule has 1 aliphatic rings. The van der Waals surface area contributed by atoms with Gasteiger partial charge in [-0.3, -0.25) is 0 Å². The third-order valence-electron chi connectivity index (χ3n) is 3.45. The number of nitrogens with one attached hydrogen (secondary N) is 1. The number of hydrogen-bond donors (Lipinski definition) is 5. The van der Waals surface area contributed by atoms with Crippen LogP contribution in [0.2, 0.25) is 0 Å². The van der Waals surface area contributed by atoms with Crippen LogP contribution in [0.4, 0.5) is 0 Å². The predicted molar refractivity (Wildman–Crippen MR) is 83.0 cm³/mol. The minimum atomic E-state index is -2.27. The van der Waals surface area contributed by atoms with Gasteiger partial charge in [-0.15, -0.1) is 6.58 Å². The molecule has 0 saturated heterocycles. The normalized spacial score (nSPS) is 18.1. The second kappa shape index (κ2) is 9.04. The van der Waals surface area contributed by atoms with Gasteiger partial charge in [-0.1, -0.05) is 30.3 Å². The Hall–Kier alpha value is -2.22. The zero-order valence-corrected chi connectivity index (χ0v) is 12.6. The molecule has 3 atom stereocenters. The van der Waals surface area contributed by atoms with E-state index in [0.717, 1.165) is 6.54 Å². The maximum absolute atomic E-state index is 9.77. The zero-order chi connectivity index (χ0) is 17.4. The number of hydrogen-bond acceptors (Lipinski definition) is 5. The van der Waals surface area contributed by atoms with Gasteiger partial charge in [0.2, 0.25) is 0 Å². The fraction of sp³-hybridized carbons (Fsp3) is 0.375. The quantitative estimate of drug-likeness (QED) is 0.477. The van der Waals surface area contributed by atoms with E-state index in [2.05, 4.69) is 36.2 Å². The van der Waals surface area contributed by atoms with Crippen LogP contribution in [0.3, 0.4) is 0 Å². The highest BCUT2D eigenvalue weighted by Crippen LogP contribution is 2.30. The van der Waals surface area contributed by atoms with Gasteiger partial charge in [0.25, 0.3) is 0 Å². The van der Waals surface area contributed by atoms with Gasteiger partial charge in [-0.2, -0.15) is 0 Å². The summed E-state index contributed by atoms with van der Waals surface area (Å²) >= 11 is 0. The Balaban J connectivity index is 0.000000241. The highest BCUT2D eigenvalue weighted by molar-refractivity contribution is 5.83. The van der Waals surface area contributed by atoms with Gasteiger partial charge in [-0.25, -0.2) is 9.59 Å². The number of aliphatic hydroxyl groups is 2. The fourth-order valence-electron chi connectivity index (χ4n) is 2.26. The number of fused-ring (bicyclic) bond motifs is 1. The van der Waals surface area contributed by atoms with E-state index in [1.807, 2.05) is 6.08 Å². The van der Waals surface area contributed by atoms with Crippen LogP contribution in [0.1, 0.15) is 23.6 Å². The van der Waals surface area contributed by atoms with Crippen molar-refractivity contribution in [2.45, 2.75) is 31.1 Å². The molecule has 2 rings (SSSR count). The van der Waals surface area contributed by atoms with Crippen LogP contribution in [0.5, 0.6) is 0 Å². The Morgan fingerprint density at radius 3 is 2.30 bits per heavy atom. The first-order valence-electron chi connectivity index (χ1n) is 7.12. The molecular formula is C16H21NO6. The Kier molecular flexibility index (Phi) is 7.40. The third-order valence-corrected chi connectivity index (χ3v) is 3.45. The highest BCUT2D eigenvalue weighted by Gasteiger charge is 2.29. The lowest BCUT2D eigenvalue weighted by Crippen LogP contribution is -2.39. The molecule has 7 heteroatoms. The van der Waals surface area contributed by atoms with E-state index in [1.54, 1.807) is 0 Å². The summed E-state index contributed by atoms with van der Waals surface area (Å²) < 4.78 is 0. The van der Waals surface area contributed by atoms with Crippen molar-refractivity contribution in [1.82, 2.24) is 5.32 Å². The molecule has 23 heavy (non-hydrogen) atoms. The molecule has 0 fully saturated rings. The van der Waals surface area contributed by atoms with Gasteiger partial charge in [0, 0.05) is 12.6 Å². The molecule has 126 valence electrons. The number of benzene rings is 1. The molecule has 0 aliphatic heterocycles. The van der Waals surface area contributed by atoms with Crippen molar-refractivity contribution in [3.05, 3.63) is 48.0 Å². The lowest BCUT2D eigenvalue weighted by atomic mass is 10.1. The Morgan fingerprint density at radius 2 is 1.78 bits per heavy atom. The van der Waals surface area contributed by atoms with E-state index < -0.39 is 24.1 Å². The summed E-state index contributed by atoms with van der Waals surface area (Å²) in [6.07, 6.45) is -0.172. The molecule has 7 nitrogen and oxygen atoms in total. The molecule has 1 aliphatic carbocycles. The number of rotatable bonds is 6. The van der Waals surface area contributed by atoms with Crippen LogP contribution < -0.4 is 5.32 Å². The van der Waals surface area contributed by atoms with Crippen molar-refractivity contribution in [3.63, 3.8) is 0 Å². The van der Waals surface area contributed by atoms with Gasteiger partial charge in [0.15, 0.2) is 12.2 Å². The zero-order valence-electron chi connectivity index (χ0n) is 12.6. The molecule has 1 aromatic rings. The van der Waals surface area contributed by atoms with E-state index >= 15 is 0 Å². The average molecular weight is 323 g/mol. The molecule has 0 spiro atoms. The van der Waals surface area contributed by atoms with Gasteiger partial charge >= 0.3 is 11.9 Å². The molecule has 0 saturated carbocycles. The van der Waals surface area contributed by atoms with E-state index in [9.17, 15) is 9.59 Å². The first-order valence-corrected chi connectivity index (χ1v) is 7.12. The molecular weight excluding hydrogens is 302 g/mol. The minimum Gasteiger partial charge on any atom is -0.479 e. The van der Waals surface area contributed by atoms with Gasteiger partial charge in [0.05, 0.1) is 0 Å². The molecule has 5 N–H and O–H groups in total.